The Balaban J connectivity index is 1.92. The molecule has 0 fully saturated rings. The number of methoxy groups -OCH3 is 1. The van der Waals surface area contributed by atoms with Gasteiger partial charge in [0.25, 0.3) is 20.0 Å². The van der Waals surface area contributed by atoms with E-state index in [0.29, 0.717) is 5.02 Å². The second kappa shape index (κ2) is 9.07. The largest absolute Gasteiger partial charge is 0.495 e. The van der Waals surface area contributed by atoms with E-state index in [1.165, 1.54) is 61.7 Å². The number of benzene rings is 3. The molecule has 0 aliphatic rings. The fraction of sp³-hybridized carbons (Fsp3) is 0.0500. The van der Waals surface area contributed by atoms with Crippen LogP contribution in [-0.4, -0.2) is 35.0 Å². The molecule has 0 spiro atoms. The third-order valence-corrected chi connectivity index (χ3v) is 7.23. The van der Waals surface area contributed by atoms with Crippen LogP contribution < -0.4 is 14.2 Å². The summed E-state index contributed by atoms with van der Waals surface area (Å²) in [5.74, 6) is -1.39. The highest BCUT2D eigenvalue weighted by atomic mass is 35.5. The van der Waals surface area contributed by atoms with Crippen molar-refractivity contribution in [2.75, 3.05) is 16.6 Å². The number of sulfonamides is 2. The van der Waals surface area contributed by atoms with E-state index in [4.69, 9.17) is 21.4 Å². The van der Waals surface area contributed by atoms with E-state index >= 15 is 0 Å². The summed E-state index contributed by atoms with van der Waals surface area (Å²) >= 11 is 5.80. The molecule has 3 rings (SSSR count). The number of halogens is 1. The lowest BCUT2D eigenvalue weighted by molar-refractivity contribution is 0.0696. The molecule has 32 heavy (non-hydrogen) atoms. The van der Waals surface area contributed by atoms with Gasteiger partial charge in [0.15, 0.2) is 0 Å². The Morgan fingerprint density at radius 1 is 0.875 bits per heavy atom. The van der Waals surface area contributed by atoms with Crippen LogP contribution in [0.1, 0.15) is 10.4 Å². The van der Waals surface area contributed by atoms with Crippen molar-refractivity contribution in [3.05, 3.63) is 77.3 Å². The van der Waals surface area contributed by atoms with Gasteiger partial charge >= 0.3 is 5.97 Å². The maximum atomic E-state index is 12.9. The Hall–Kier alpha value is -3.28. The number of nitrogens with one attached hydrogen (secondary N) is 2. The van der Waals surface area contributed by atoms with Crippen LogP contribution in [0.4, 0.5) is 11.4 Å². The molecule has 168 valence electrons. The average Bonchev–Trinajstić information content (AvgIpc) is 2.74. The Morgan fingerprint density at radius 3 is 2.16 bits per heavy atom. The van der Waals surface area contributed by atoms with E-state index in [1.807, 2.05) is 0 Å². The van der Waals surface area contributed by atoms with Crippen LogP contribution in [0.2, 0.25) is 5.02 Å². The highest BCUT2D eigenvalue weighted by molar-refractivity contribution is 7.93. The lowest BCUT2D eigenvalue weighted by Crippen LogP contribution is -2.16. The first-order valence-corrected chi connectivity index (χ1v) is 12.2. The van der Waals surface area contributed by atoms with Gasteiger partial charge in [-0.1, -0.05) is 17.7 Å². The van der Waals surface area contributed by atoms with E-state index in [9.17, 15) is 21.6 Å². The van der Waals surface area contributed by atoms with Gasteiger partial charge in [-0.05, 0) is 60.7 Å². The molecule has 0 bridgehead atoms. The normalized spacial score (nSPS) is 11.6. The topological polar surface area (TPSA) is 139 Å². The van der Waals surface area contributed by atoms with Crippen LogP contribution in [-0.2, 0) is 20.0 Å². The van der Waals surface area contributed by atoms with Gasteiger partial charge in [0.1, 0.15) is 10.6 Å². The summed E-state index contributed by atoms with van der Waals surface area (Å²) in [6, 6.07) is 14.5. The number of carbonyl (C=O) groups is 1. The molecule has 12 heteroatoms. The first kappa shape index (κ1) is 23.4. The van der Waals surface area contributed by atoms with Crippen molar-refractivity contribution in [1.82, 2.24) is 0 Å². The molecule has 0 aromatic heterocycles. The van der Waals surface area contributed by atoms with E-state index in [0.717, 1.165) is 12.1 Å². The highest BCUT2D eigenvalue weighted by Crippen LogP contribution is 2.28. The monoisotopic (exact) mass is 496 g/mol. The molecule has 3 aromatic carbocycles. The smallest absolute Gasteiger partial charge is 0.335 e. The zero-order valence-electron chi connectivity index (χ0n) is 16.4. The molecule has 0 unspecified atom stereocenters. The first-order valence-electron chi connectivity index (χ1n) is 8.84. The summed E-state index contributed by atoms with van der Waals surface area (Å²) in [6.07, 6.45) is 0. The van der Waals surface area contributed by atoms with Crippen molar-refractivity contribution in [2.45, 2.75) is 9.79 Å². The molecule has 0 saturated carbocycles. The van der Waals surface area contributed by atoms with E-state index in [1.54, 1.807) is 0 Å². The number of rotatable bonds is 8. The van der Waals surface area contributed by atoms with Crippen molar-refractivity contribution in [3.8, 4) is 5.75 Å². The molecule has 3 aromatic rings. The van der Waals surface area contributed by atoms with Crippen LogP contribution in [0.5, 0.6) is 5.75 Å². The predicted octanol–water partition coefficient (Wildman–Crippen LogP) is 3.65. The van der Waals surface area contributed by atoms with Crippen LogP contribution in [0.25, 0.3) is 0 Å². The van der Waals surface area contributed by atoms with Gasteiger partial charge in [0.2, 0.25) is 0 Å². The molecule has 0 heterocycles. The van der Waals surface area contributed by atoms with Crippen molar-refractivity contribution in [2.24, 2.45) is 0 Å². The van der Waals surface area contributed by atoms with Gasteiger partial charge in [-0.25, -0.2) is 21.6 Å². The van der Waals surface area contributed by atoms with Crippen molar-refractivity contribution < 1.29 is 31.5 Å². The molecule has 3 N–H and O–H groups in total. The summed E-state index contributed by atoms with van der Waals surface area (Å²) in [5.41, 5.74) is -0.0305. The highest BCUT2D eigenvalue weighted by Gasteiger charge is 2.23. The van der Waals surface area contributed by atoms with Crippen molar-refractivity contribution in [3.63, 3.8) is 0 Å². The van der Waals surface area contributed by atoms with E-state index < -0.39 is 30.9 Å². The van der Waals surface area contributed by atoms with Crippen LogP contribution in [0.3, 0.4) is 0 Å². The Morgan fingerprint density at radius 2 is 1.53 bits per heavy atom. The minimum atomic E-state index is -4.31. The first-order chi connectivity index (χ1) is 15.0. The zero-order chi connectivity index (χ0) is 23.5. The molecular formula is C20H17ClN2O7S2. The summed E-state index contributed by atoms with van der Waals surface area (Å²) in [6.45, 7) is 0. The third kappa shape index (κ3) is 5.31. The van der Waals surface area contributed by atoms with E-state index in [-0.39, 0.29) is 27.6 Å². The Labute approximate surface area is 189 Å². The number of hydrogen-bond acceptors (Lipinski definition) is 6. The molecule has 0 aliphatic heterocycles. The summed E-state index contributed by atoms with van der Waals surface area (Å²) in [4.78, 5) is 10.6. The minimum absolute atomic E-state index is 0.0493. The Bertz CT molecular complexity index is 1370. The van der Waals surface area contributed by atoms with Gasteiger partial charge in [-0.15, -0.1) is 0 Å². The van der Waals surface area contributed by atoms with Gasteiger partial charge < -0.3 is 9.84 Å². The van der Waals surface area contributed by atoms with Gasteiger partial charge in [0.05, 0.1) is 23.3 Å². The fourth-order valence-corrected chi connectivity index (χ4v) is 5.16. The van der Waals surface area contributed by atoms with Gasteiger partial charge in [-0.3, -0.25) is 9.44 Å². The fourth-order valence-electron chi connectivity index (χ4n) is 2.69. The number of carboxylic acid groups (broad SMARTS) is 1. The van der Waals surface area contributed by atoms with E-state index in [2.05, 4.69) is 9.44 Å². The predicted molar refractivity (Wildman–Crippen MR) is 119 cm³/mol. The molecule has 9 nitrogen and oxygen atoms in total. The Kier molecular flexibility index (Phi) is 6.63. The SMILES string of the molecule is COc1ccc(C(=O)O)cc1S(=O)(=O)Nc1cccc(S(=O)(=O)Nc2ccc(Cl)cc2)c1. The molecular weight excluding hydrogens is 480 g/mol. The zero-order valence-corrected chi connectivity index (χ0v) is 18.8. The summed E-state index contributed by atoms with van der Waals surface area (Å²) in [7, 11) is -7.10. The molecule has 0 atom stereocenters. The minimum Gasteiger partial charge on any atom is -0.495 e. The summed E-state index contributed by atoms with van der Waals surface area (Å²) in [5, 5.41) is 9.59. The molecule has 0 saturated heterocycles. The number of anilines is 2. The number of hydrogen-bond donors (Lipinski definition) is 3. The van der Waals surface area contributed by atoms with Crippen LogP contribution >= 0.6 is 11.6 Å². The molecule has 0 aliphatic carbocycles. The number of carboxylic acids is 1. The second-order valence-corrected chi connectivity index (χ2v) is 10.2. The number of ether oxygens (including phenoxy) is 1. The van der Waals surface area contributed by atoms with Gasteiger partial charge in [-0.2, -0.15) is 0 Å². The lowest BCUT2D eigenvalue weighted by Gasteiger charge is -2.13. The standard InChI is InChI=1S/C20H17ClN2O7S2/c1-30-18-10-5-13(20(24)25)11-19(18)32(28,29)23-16-3-2-4-17(12-16)31(26,27)22-15-8-6-14(21)7-9-15/h2-12,22-23H,1H3,(H,24,25). The van der Waals surface area contributed by atoms with Gasteiger partial charge in [0, 0.05) is 10.7 Å². The average molecular weight is 497 g/mol. The van der Waals surface area contributed by atoms with Crippen LogP contribution in [0.15, 0.2) is 76.5 Å². The number of aromatic carboxylic acids is 1. The maximum Gasteiger partial charge on any atom is 0.335 e. The van der Waals surface area contributed by atoms with Crippen molar-refractivity contribution >= 4 is 49.0 Å². The van der Waals surface area contributed by atoms with Crippen LogP contribution in [0, 0.1) is 0 Å². The second-order valence-electron chi connectivity index (χ2n) is 6.42. The summed E-state index contributed by atoms with van der Waals surface area (Å²) < 4.78 is 60.8. The lowest BCUT2D eigenvalue weighted by atomic mass is 10.2. The maximum absolute atomic E-state index is 12.9. The molecule has 0 amide bonds. The molecule has 0 radical (unpaired) electrons. The van der Waals surface area contributed by atoms with Crippen molar-refractivity contribution in [1.29, 1.82) is 0 Å². The quantitative estimate of drug-likeness (QED) is 0.432. The third-order valence-electron chi connectivity index (χ3n) is 4.19.